The number of aliphatic hydroxyl groups is 2. The average molecular weight is 282 g/mol. The number of carbonyl (C=O) groups is 1. The van der Waals surface area contributed by atoms with Crippen molar-refractivity contribution in [2.45, 2.75) is 52.1 Å². The molecule has 0 bridgehead atoms. The second-order valence-electron chi connectivity index (χ2n) is 7.05. The van der Waals surface area contributed by atoms with Gasteiger partial charge in [0.15, 0.2) is 0 Å². The van der Waals surface area contributed by atoms with E-state index in [1.165, 1.54) is 0 Å². The Bertz CT molecular complexity index is 419. The second-order valence-corrected chi connectivity index (χ2v) is 7.05. The summed E-state index contributed by atoms with van der Waals surface area (Å²) in [5, 5.41) is 29.5. The molecule has 0 aromatic rings. The number of fused-ring (bicyclic) bond motifs is 1. The molecule has 4 heteroatoms. The van der Waals surface area contributed by atoms with Gasteiger partial charge in [-0.25, -0.2) is 0 Å². The summed E-state index contributed by atoms with van der Waals surface area (Å²) in [5.41, 5.74) is -0.219. The molecule has 2 rings (SSSR count). The van der Waals surface area contributed by atoms with Crippen LogP contribution in [-0.2, 0) is 4.79 Å². The predicted octanol–water partition coefficient (Wildman–Crippen LogP) is 2.20. The lowest BCUT2D eigenvalue weighted by atomic mass is 9.46. The molecule has 0 aromatic heterocycles. The second kappa shape index (κ2) is 5.15. The van der Waals surface area contributed by atoms with Crippen LogP contribution in [-0.4, -0.2) is 34.0 Å². The standard InChI is InChI=1S/C16H26O4/c1-10-9-12(18)13-15(2,11(10)5-8-17)6-4-7-16(13,3)14(19)20/h11-13,17-18H,1,4-9H2,2-3H3,(H,19,20). The number of rotatable bonds is 3. The van der Waals surface area contributed by atoms with E-state index in [1.807, 2.05) is 0 Å². The van der Waals surface area contributed by atoms with E-state index in [1.54, 1.807) is 6.92 Å². The number of aliphatic carboxylic acids is 1. The molecule has 0 aliphatic heterocycles. The Morgan fingerprint density at radius 3 is 2.60 bits per heavy atom. The van der Waals surface area contributed by atoms with Gasteiger partial charge in [-0.1, -0.05) is 25.5 Å². The van der Waals surface area contributed by atoms with Crippen LogP contribution in [0.25, 0.3) is 0 Å². The van der Waals surface area contributed by atoms with Crippen molar-refractivity contribution in [2.75, 3.05) is 6.61 Å². The first-order valence-electron chi connectivity index (χ1n) is 7.47. The Labute approximate surface area is 120 Å². The van der Waals surface area contributed by atoms with Gasteiger partial charge in [0.1, 0.15) is 0 Å². The molecule has 3 N–H and O–H groups in total. The van der Waals surface area contributed by atoms with E-state index in [-0.39, 0.29) is 23.9 Å². The third-order valence-electron chi connectivity index (χ3n) is 5.86. The Hall–Kier alpha value is -0.870. The topological polar surface area (TPSA) is 77.8 Å². The highest BCUT2D eigenvalue weighted by atomic mass is 16.4. The highest BCUT2D eigenvalue weighted by Gasteiger charge is 2.60. The van der Waals surface area contributed by atoms with Crippen molar-refractivity contribution >= 4 is 5.97 Å². The lowest BCUT2D eigenvalue weighted by Crippen LogP contribution is -2.58. The molecule has 5 atom stereocenters. The number of carboxylic acids is 1. The van der Waals surface area contributed by atoms with E-state index < -0.39 is 17.5 Å². The highest BCUT2D eigenvalue weighted by Crippen LogP contribution is 2.61. The van der Waals surface area contributed by atoms with Crippen LogP contribution in [0.4, 0.5) is 0 Å². The Kier molecular flexibility index (Phi) is 4.00. The third kappa shape index (κ3) is 2.09. The fraction of sp³-hybridized carbons (Fsp3) is 0.812. The summed E-state index contributed by atoms with van der Waals surface area (Å²) in [7, 11) is 0. The lowest BCUT2D eigenvalue weighted by molar-refractivity contribution is -0.177. The minimum atomic E-state index is -0.888. The van der Waals surface area contributed by atoms with Crippen molar-refractivity contribution in [1.29, 1.82) is 0 Å². The lowest BCUT2D eigenvalue weighted by Gasteiger charge is -2.58. The van der Waals surface area contributed by atoms with E-state index in [9.17, 15) is 20.1 Å². The van der Waals surface area contributed by atoms with Crippen molar-refractivity contribution < 1.29 is 20.1 Å². The molecule has 20 heavy (non-hydrogen) atoms. The zero-order chi connectivity index (χ0) is 15.1. The molecule has 0 radical (unpaired) electrons. The summed E-state index contributed by atoms with van der Waals surface area (Å²) >= 11 is 0. The van der Waals surface area contributed by atoms with Crippen LogP contribution in [0.1, 0.15) is 46.0 Å². The van der Waals surface area contributed by atoms with E-state index in [0.717, 1.165) is 18.4 Å². The van der Waals surface area contributed by atoms with E-state index in [4.69, 9.17) is 0 Å². The summed E-state index contributed by atoms with van der Waals surface area (Å²) in [6.07, 6.45) is 2.75. The maximum Gasteiger partial charge on any atom is 0.309 e. The zero-order valence-electron chi connectivity index (χ0n) is 12.4. The van der Waals surface area contributed by atoms with Gasteiger partial charge in [-0.2, -0.15) is 0 Å². The van der Waals surface area contributed by atoms with Gasteiger partial charge >= 0.3 is 5.97 Å². The van der Waals surface area contributed by atoms with Gasteiger partial charge in [0.2, 0.25) is 0 Å². The number of carboxylic acid groups (broad SMARTS) is 1. The minimum absolute atomic E-state index is 0.0753. The minimum Gasteiger partial charge on any atom is -0.481 e. The molecule has 114 valence electrons. The summed E-state index contributed by atoms with van der Waals surface area (Å²) in [6.45, 7) is 7.99. The molecular formula is C16H26O4. The molecule has 0 amide bonds. The van der Waals surface area contributed by atoms with Crippen molar-refractivity contribution in [3.63, 3.8) is 0 Å². The van der Waals surface area contributed by atoms with Gasteiger partial charge in [-0.15, -0.1) is 0 Å². The first-order chi connectivity index (χ1) is 9.27. The van der Waals surface area contributed by atoms with Crippen LogP contribution in [0, 0.1) is 22.7 Å². The van der Waals surface area contributed by atoms with Crippen molar-refractivity contribution in [1.82, 2.24) is 0 Å². The Morgan fingerprint density at radius 2 is 2.05 bits per heavy atom. The summed E-state index contributed by atoms with van der Waals surface area (Å²) in [6, 6.07) is 0. The van der Waals surface area contributed by atoms with E-state index >= 15 is 0 Å². The SMILES string of the molecule is C=C1CC(O)C2C(C)(C(=O)O)CCCC2(C)C1CCO. The smallest absolute Gasteiger partial charge is 0.309 e. The Balaban J connectivity index is 2.47. The molecular weight excluding hydrogens is 256 g/mol. The maximum atomic E-state index is 11.8. The van der Waals surface area contributed by atoms with Gasteiger partial charge in [-0.3, -0.25) is 4.79 Å². The first kappa shape index (κ1) is 15.5. The zero-order valence-corrected chi connectivity index (χ0v) is 12.4. The van der Waals surface area contributed by atoms with Crippen LogP contribution in [0.3, 0.4) is 0 Å². The Morgan fingerprint density at radius 1 is 1.40 bits per heavy atom. The number of hydrogen-bond donors (Lipinski definition) is 3. The quantitative estimate of drug-likeness (QED) is 0.693. The molecule has 4 nitrogen and oxygen atoms in total. The van der Waals surface area contributed by atoms with Crippen LogP contribution >= 0.6 is 0 Å². The third-order valence-corrected chi connectivity index (χ3v) is 5.86. The van der Waals surface area contributed by atoms with E-state index in [2.05, 4.69) is 13.5 Å². The van der Waals surface area contributed by atoms with Gasteiger partial charge in [0.25, 0.3) is 0 Å². The fourth-order valence-corrected chi connectivity index (χ4v) is 5.03. The summed E-state index contributed by atoms with van der Waals surface area (Å²) < 4.78 is 0. The predicted molar refractivity (Wildman–Crippen MR) is 76.1 cm³/mol. The average Bonchev–Trinajstić information content (AvgIpc) is 2.33. The molecule has 2 aliphatic rings. The molecule has 2 aliphatic carbocycles. The van der Waals surface area contributed by atoms with Crippen molar-refractivity contribution in [2.24, 2.45) is 22.7 Å². The number of hydrogen-bond acceptors (Lipinski definition) is 3. The molecule has 0 spiro atoms. The fourth-order valence-electron chi connectivity index (χ4n) is 5.03. The van der Waals surface area contributed by atoms with Crippen molar-refractivity contribution in [3.05, 3.63) is 12.2 Å². The first-order valence-corrected chi connectivity index (χ1v) is 7.47. The van der Waals surface area contributed by atoms with Crippen molar-refractivity contribution in [3.8, 4) is 0 Å². The number of aliphatic hydroxyl groups excluding tert-OH is 2. The van der Waals surface area contributed by atoms with Gasteiger partial charge in [0, 0.05) is 12.5 Å². The van der Waals surface area contributed by atoms with Crippen LogP contribution in [0.2, 0.25) is 0 Å². The molecule has 0 saturated heterocycles. The maximum absolute atomic E-state index is 11.8. The van der Waals surface area contributed by atoms with Gasteiger partial charge in [-0.05, 0) is 43.9 Å². The van der Waals surface area contributed by atoms with Gasteiger partial charge < -0.3 is 15.3 Å². The van der Waals surface area contributed by atoms with Crippen LogP contribution < -0.4 is 0 Å². The van der Waals surface area contributed by atoms with Gasteiger partial charge in [0.05, 0.1) is 11.5 Å². The largest absolute Gasteiger partial charge is 0.481 e. The molecule has 0 heterocycles. The molecule has 2 saturated carbocycles. The van der Waals surface area contributed by atoms with Crippen LogP contribution in [0.5, 0.6) is 0 Å². The summed E-state index contributed by atoms with van der Waals surface area (Å²) in [4.78, 5) is 11.8. The normalized spacial score (nSPS) is 45.0. The molecule has 5 unspecified atom stereocenters. The monoisotopic (exact) mass is 282 g/mol. The summed E-state index contributed by atoms with van der Waals surface area (Å²) in [5.74, 6) is -0.995. The van der Waals surface area contributed by atoms with Crippen LogP contribution in [0.15, 0.2) is 12.2 Å². The highest BCUT2D eigenvalue weighted by molar-refractivity contribution is 5.75. The van der Waals surface area contributed by atoms with E-state index in [0.29, 0.717) is 19.3 Å². The molecule has 0 aromatic carbocycles. The molecule has 2 fully saturated rings.